The third-order valence-electron chi connectivity index (χ3n) is 5.93. The molecule has 3 aliphatic heterocycles. The lowest BCUT2D eigenvalue weighted by Crippen LogP contribution is -2.38. The highest BCUT2D eigenvalue weighted by atomic mass is 16.5. The maximum atomic E-state index is 5.46. The first-order valence-corrected chi connectivity index (χ1v) is 9.63. The Hall–Kier alpha value is -2.34. The molecule has 0 bridgehead atoms. The monoisotopic (exact) mass is 351 g/mol. The maximum absolute atomic E-state index is 5.46. The zero-order valence-corrected chi connectivity index (χ0v) is 15.0. The second-order valence-corrected chi connectivity index (χ2v) is 7.27. The molecule has 0 aliphatic carbocycles. The summed E-state index contributed by atoms with van der Waals surface area (Å²) in [4.78, 5) is 16.5. The summed E-state index contributed by atoms with van der Waals surface area (Å²) in [5.74, 6) is 2.10. The third-order valence-corrected chi connectivity index (χ3v) is 5.93. The van der Waals surface area contributed by atoms with Crippen molar-refractivity contribution in [3.05, 3.63) is 42.7 Å². The first kappa shape index (κ1) is 15.9. The predicted octanol–water partition coefficient (Wildman–Crippen LogP) is 2.17. The van der Waals surface area contributed by atoms with E-state index in [0.717, 1.165) is 51.0 Å². The Bertz CT molecular complexity index is 749. The standard InChI is InChI=1S/C20H25N5O/c1-2-4-16(5-3-1)24-8-6-18-17(24)7-9-25(18)20-14-19(21-15-22-20)23-10-12-26-13-11-23/h1-5,14-15,17-18H,6-13H2. The van der Waals surface area contributed by atoms with E-state index in [9.17, 15) is 0 Å². The van der Waals surface area contributed by atoms with E-state index in [1.54, 1.807) is 6.33 Å². The number of hydrogen-bond donors (Lipinski definition) is 0. The summed E-state index contributed by atoms with van der Waals surface area (Å²) in [5.41, 5.74) is 1.35. The van der Waals surface area contributed by atoms with Crippen LogP contribution in [0.2, 0.25) is 0 Å². The molecule has 1 aromatic carbocycles. The predicted molar refractivity (Wildman–Crippen MR) is 103 cm³/mol. The van der Waals surface area contributed by atoms with Gasteiger partial charge in [-0.1, -0.05) is 18.2 Å². The molecule has 2 aromatic rings. The van der Waals surface area contributed by atoms with E-state index >= 15 is 0 Å². The number of benzene rings is 1. The van der Waals surface area contributed by atoms with Gasteiger partial charge in [-0.05, 0) is 25.0 Å². The van der Waals surface area contributed by atoms with Crippen molar-refractivity contribution in [3.63, 3.8) is 0 Å². The third kappa shape index (κ3) is 2.78. The lowest BCUT2D eigenvalue weighted by molar-refractivity contribution is 0.122. The van der Waals surface area contributed by atoms with Gasteiger partial charge in [0, 0.05) is 37.9 Å². The van der Waals surface area contributed by atoms with E-state index in [1.165, 1.54) is 18.5 Å². The van der Waals surface area contributed by atoms with Crippen molar-refractivity contribution in [2.24, 2.45) is 0 Å². The summed E-state index contributed by atoms with van der Waals surface area (Å²) >= 11 is 0. The van der Waals surface area contributed by atoms with Crippen molar-refractivity contribution in [2.45, 2.75) is 24.9 Å². The van der Waals surface area contributed by atoms with Crippen LogP contribution in [0.1, 0.15) is 12.8 Å². The van der Waals surface area contributed by atoms with Crippen LogP contribution in [-0.2, 0) is 4.74 Å². The van der Waals surface area contributed by atoms with Crippen LogP contribution in [0, 0.1) is 0 Å². The SMILES string of the molecule is c1ccc(N2CCC3C2CCN3c2cc(N3CCOCC3)ncn2)cc1. The second-order valence-electron chi connectivity index (χ2n) is 7.27. The number of para-hydroxylation sites is 1. The largest absolute Gasteiger partial charge is 0.378 e. The Morgan fingerprint density at radius 3 is 2.31 bits per heavy atom. The van der Waals surface area contributed by atoms with E-state index in [2.05, 4.69) is 61.1 Å². The molecule has 2 unspecified atom stereocenters. The normalized spacial score (nSPS) is 25.6. The van der Waals surface area contributed by atoms with Crippen LogP contribution >= 0.6 is 0 Å². The Morgan fingerprint density at radius 2 is 1.50 bits per heavy atom. The average molecular weight is 351 g/mol. The summed E-state index contributed by atoms with van der Waals surface area (Å²) in [6, 6.07) is 14.1. The molecule has 3 aliphatic rings. The summed E-state index contributed by atoms with van der Waals surface area (Å²) in [6.07, 6.45) is 4.10. The number of anilines is 3. The van der Waals surface area contributed by atoms with Crippen molar-refractivity contribution >= 4 is 17.3 Å². The molecular weight excluding hydrogens is 326 g/mol. The highest BCUT2D eigenvalue weighted by molar-refractivity contribution is 5.56. The van der Waals surface area contributed by atoms with E-state index < -0.39 is 0 Å². The zero-order chi connectivity index (χ0) is 17.3. The van der Waals surface area contributed by atoms with Gasteiger partial charge in [0.25, 0.3) is 0 Å². The number of morpholine rings is 1. The number of rotatable bonds is 3. The smallest absolute Gasteiger partial charge is 0.134 e. The number of nitrogens with zero attached hydrogens (tertiary/aromatic N) is 5. The molecule has 0 saturated carbocycles. The minimum atomic E-state index is 0.544. The molecule has 4 heterocycles. The van der Waals surface area contributed by atoms with Gasteiger partial charge in [-0.15, -0.1) is 0 Å². The maximum Gasteiger partial charge on any atom is 0.134 e. The van der Waals surface area contributed by atoms with Gasteiger partial charge in [0.05, 0.1) is 25.3 Å². The van der Waals surface area contributed by atoms with Crippen LogP contribution in [0.4, 0.5) is 17.3 Å². The van der Waals surface area contributed by atoms with E-state index in [0.29, 0.717) is 12.1 Å². The molecule has 5 rings (SSSR count). The molecule has 0 radical (unpaired) electrons. The van der Waals surface area contributed by atoms with Crippen LogP contribution in [0.15, 0.2) is 42.7 Å². The van der Waals surface area contributed by atoms with Gasteiger partial charge in [0.1, 0.15) is 18.0 Å². The van der Waals surface area contributed by atoms with Crippen LogP contribution in [0.5, 0.6) is 0 Å². The fraction of sp³-hybridized carbons (Fsp3) is 0.500. The topological polar surface area (TPSA) is 44.7 Å². The Morgan fingerprint density at radius 1 is 0.808 bits per heavy atom. The number of ether oxygens (including phenoxy) is 1. The second kappa shape index (κ2) is 6.76. The lowest BCUT2D eigenvalue weighted by atomic mass is 10.1. The quantitative estimate of drug-likeness (QED) is 0.845. The molecule has 26 heavy (non-hydrogen) atoms. The Labute approximate surface area is 154 Å². The van der Waals surface area contributed by atoms with Gasteiger partial charge in [0.15, 0.2) is 0 Å². The van der Waals surface area contributed by atoms with Crippen molar-refractivity contribution in [2.75, 3.05) is 54.1 Å². The average Bonchev–Trinajstić information content (AvgIpc) is 3.32. The van der Waals surface area contributed by atoms with Gasteiger partial charge in [-0.25, -0.2) is 9.97 Å². The van der Waals surface area contributed by atoms with Gasteiger partial charge < -0.3 is 19.4 Å². The fourth-order valence-corrected chi connectivity index (χ4v) is 4.67. The summed E-state index contributed by atoms with van der Waals surface area (Å²) in [5, 5.41) is 0. The van der Waals surface area contributed by atoms with Crippen LogP contribution in [0.3, 0.4) is 0 Å². The van der Waals surface area contributed by atoms with Gasteiger partial charge in [-0.3, -0.25) is 0 Å². The molecule has 3 saturated heterocycles. The van der Waals surface area contributed by atoms with Crippen molar-refractivity contribution < 1.29 is 4.74 Å². The molecule has 6 nitrogen and oxygen atoms in total. The molecule has 0 amide bonds. The van der Waals surface area contributed by atoms with Gasteiger partial charge >= 0.3 is 0 Å². The van der Waals surface area contributed by atoms with Crippen LogP contribution < -0.4 is 14.7 Å². The molecule has 3 fully saturated rings. The molecule has 0 N–H and O–H groups in total. The number of aromatic nitrogens is 2. The van der Waals surface area contributed by atoms with E-state index in [1.807, 2.05) is 0 Å². The molecular formula is C20H25N5O. The van der Waals surface area contributed by atoms with Crippen molar-refractivity contribution in [1.82, 2.24) is 9.97 Å². The highest BCUT2D eigenvalue weighted by Gasteiger charge is 2.43. The molecule has 136 valence electrons. The van der Waals surface area contributed by atoms with E-state index in [4.69, 9.17) is 4.74 Å². The minimum absolute atomic E-state index is 0.544. The molecule has 0 spiro atoms. The fourth-order valence-electron chi connectivity index (χ4n) is 4.67. The lowest BCUT2D eigenvalue weighted by Gasteiger charge is -2.30. The first-order chi connectivity index (χ1) is 12.9. The molecule has 6 heteroatoms. The van der Waals surface area contributed by atoms with Crippen molar-refractivity contribution in [1.29, 1.82) is 0 Å². The summed E-state index contributed by atoms with van der Waals surface area (Å²) in [7, 11) is 0. The first-order valence-electron chi connectivity index (χ1n) is 9.63. The zero-order valence-electron chi connectivity index (χ0n) is 15.0. The van der Waals surface area contributed by atoms with Crippen LogP contribution in [0.25, 0.3) is 0 Å². The van der Waals surface area contributed by atoms with Gasteiger partial charge in [-0.2, -0.15) is 0 Å². The Balaban J connectivity index is 1.36. The highest BCUT2D eigenvalue weighted by Crippen LogP contribution is 2.37. The minimum Gasteiger partial charge on any atom is -0.378 e. The number of fused-ring (bicyclic) bond motifs is 1. The summed E-state index contributed by atoms with van der Waals surface area (Å²) in [6.45, 7) is 5.56. The van der Waals surface area contributed by atoms with Crippen molar-refractivity contribution in [3.8, 4) is 0 Å². The van der Waals surface area contributed by atoms with Crippen LogP contribution in [-0.4, -0.2) is 61.4 Å². The Kier molecular flexibility index (Phi) is 4.13. The number of hydrogen-bond acceptors (Lipinski definition) is 6. The van der Waals surface area contributed by atoms with E-state index in [-0.39, 0.29) is 0 Å². The molecule has 2 atom stereocenters. The van der Waals surface area contributed by atoms with Gasteiger partial charge in [0.2, 0.25) is 0 Å². The molecule has 1 aromatic heterocycles. The summed E-state index contributed by atoms with van der Waals surface area (Å²) < 4.78 is 5.46.